The van der Waals surface area contributed by atoms with Gasteiger partial charge in [0.25, 0.3) is 0 Å². The van der Waals surface area contributed by atoms with Crippen LogP contribution in [-0.4, -0.2) is 64.7 Å². The highest BCUT2D eigenvalue weighted by atomic mass is 16.4. The summed E-state index contributed by atoms with van der Waals surface area (Å²) in [5.41, 5.74) is 4.99. The molecule has 4 aliphatic rings. The second kappa shape index (κ2) is 28.0. The number of hydrogen-bond donors (Lipinski definition) is 8. The Morgan fingerprint density at radius 2 is 0.843 bits per heavy atom. The topological polar surface area (TPSA) is 230 Å². The van der Waals surface area contributed by atoms with Gasteiger partial charge in [0, 0.05) is 0 Å². The lowest BCUT2D eigenvalue weighted by atomic mass is 9.78. The van der Waals surface area contributed by atoms with Crippen LogP contribution in [0.15, 0.2) is 66.7 Å². The fourth-order valence-electron chi connectivity index (χ4n) is 10.8. The smallest absolute Gasteiger partial charge is 0.339 e. The highest BCUT2D eigenvalue weighted by Crippen LogP contribution is 2.43. The summed E-state index contributed by atoms with van der Waals surface area (Å²) in [5, 5.41) is 75.3. The summed E-state index contributed by atoms with van der Waals surface area (Å²) in [7, 11) is 0. The molecule has 4 aromatic rings. The molecule has 0 atom stereocenters. The number of para-hydroxylation sites is 1. The predicted molar refractivity (Wildman–Crippen MR) is 271 cm³/mol. The van der Waals surface area contributed by atoms with Gasteiger partial charge in [-0.15, -0.1) is 0 Å². The molecule has 0 spiro atoms. The molecule has 8 N–H and O–H groups in total. The molecule has 0 heterocycles. The molecular formula is C58H76O12. The van der Waals surface area contributed by atoms with Crippen LogP contribution in [0.1, 0.15) is 254 Å². The molecule has 70 heavy (non-hydrogen) atoms. The van der Waals surface area contributed by atoms with E-state index in [-0.39, 0.29) is 45.3 Å². The van der Waals surface area contributed by atoms with Crippen molar-refractivity contribution in [3.8, 4) is 23.0 Å². The van der Waals surface area contributed by atoms with Crippen molar-refractivity contribution in [2.75, 3.05) is 0 Å². The van der Waals surface area contributed by atoms with E-state index in [0.29, 0.717) is 23.7 Å². The maximum absolute atomic E-state index is 11.5. The number of unbranched alkanes of at least 4 members (excludes halogenated alkanes) is 3. The molecule has 4 fully saturated rings. The van der Waals surface area contributed by atoms with Gasteiger partial charge < -0.3 is 40.9 Å². The lowest BCUT2D eigenvalue weighted by Gasteiger charge is -2.27. The summed E-state index contributed by atoms with van der Waals surface area (Å²) < 4.78 is 0. The highest BCUT2D eigenvalue weighted by Gasteiger charge is 2.27. The quantitative estimate of drug-likeness (QED) is 0.0585. The Morgan fingerprint density at radius 1 is 0.414 bits per heavy atom. The average Bonchev–Trinajstić information content (AvgIpc) is 3.37. The molecule has 0 aliphatic heterocycles. The molecule has 0 bridgehead atoms. The molecule has 0 radical (unpaired) electrons. The van der Waals surface area contributed by atoms with Gasteiger partial charge in [0.1, 0.15) is 45.3 Å². The Bertz CT molecular complexity index is 2320. The van der Waals surface area contributed by atoms with E-state index < -0.39 is 23.9 Å². The Balaban J connectivity index is 0.000000176. The largest absolute Gasteiger partial charge is 0.507 e. The van der Waals surface area contributed by atoms with Crippen molar-refractivity contribution in [1.82, 2.24) is 0 Å². The van der Waals surface area contributed by atoms with Crippen LogP contribution in [0.5, 0.6) is 23.0 Å². The van der Waals surface area contributed by atoms with E-state index in [0.717, 1.165) is 92.0 Å². The first-order valence-corrected chi connectivity index (χ1v) is 26.0. The normalized spacial score (nSPS) is 16.8. The van der Waals surface area contributed by atoms with Gasteiger partial charge in [-0.25, -0.2) is 19.2 Å². The summed E-state index contributed by atoms with van der Waals surface area (Å²) in [5.74, 6) is -2.95. The maximum atomic E-state index is 11.5. The van der Waals surface area contributed by atoms with Crippen LogP contribution in [0.3, 0.4) is 0 Å². The van der Waals surface area contributed by atoms with Crippen molar-refractivity contribution in [1.29, 1.82) is 0 Å². The van der Waals surface area contributed by atoms with E-state index in [1.165, 1.54) is 115 Å². The third-order valence-corrected chi connectivity index (χ3v) is 14.8. The van der Waals surface area contributed by atoms with Crippen LogP contribution in [0.2, 0.25) is 0 Å². The zero-order chi connectivity index (χ0) is 50.6. The minimum atomic E-state index is -1.08. The first kappa shape index (κ1) is 54.9. The monoisotopic (exact) mass is 965 g/mol. The standard InChI is InChI=1S/C19H26O3.2C13H16O3.C13H18O3/c20-18-16(14-9-5-2-6-10-14)11-15(12-17(18)19(21)22)13-7-3-1-4-8-13;14-12-10(9-5-2-1-3-6-9)7-4-8-11(12)13(15)16;14-12-7-6-10(8-11(12)13(15)16)9-4-2-1-3-5-9;1-2-3-4-5-6-10-7-8-12(14)11(9-10)13(15)16/h11-14,20H,1-10H2,(H,21,22);4,7-9,14H,1-3,5-6H2,(H,15,16);6-9,14H,1-5H2,(H,15,16);7-9,14H,2-6H2,1H3,(H,15,16). The van der Waals surface area contributed by atoms with Crippen LogP contribution in [0.4, 0.5) is 0 Å². The van der Waals surface area contributed by atoms with Gasteiger partial charge in [-0.3, -0.25) is 0 Å². The number of carboxylic acid groups (broad SMARTS) is 4. The highest BCUT2D eigenvalue weighted by molar-refractivity contribution is 5.93. The zero-order valence-electron chi connectivity index (χ0n) is 41.0. The Hall–Kier alpha value is -6.04. The number of carbonyl (C=O) groups is 4. The lowest BCUT2D eigenvalue weighted by Crippen LogP contribution is -2.11. The van der Waals surface area contributed by atoms with Crippen LogP contribution in [0, 0.1) is 0 Å². The van der Waals surface area contributed by atoms with Crippen LogP contribution < -0.4 is 0 Å². The van der Waals surface area contributed by atoms with E-state index in [2.05, 4.69) is 13.0 Å². The van der Waals surface area contributed by atoms with E-state index >= 15 is 0 Å². The summed E-state index contributed by atoms with van der Waals surface area (Å²) >= 11 is 0. The number of phenols is 4. The number of benzene rings is 4. The Kier molecular flexibility index (Phi) is 21.9. The second-order valence-electron chi connectivity index (χ2n) is 19.7. The molecule has 8 rings (SSSR count). The molecule has 4 aromatic carbocycles. The Labute approximate surface area is 413 Å². The summed E-state index contributed by atoms with van der Waals surface area (Å²) in [4.78, 5) is 44.1. The van der Waals surface area contributed by atoms with Crippen molar-refractivity contribution >= 4 is 23.9 Å². The van der Waals surface area contributed by atoms with E-state index in [4.69, 9.17) is 15.3 Å². The molecule has 12 nitrogen and oxygen atoms in total. The first-order chi connectivity index (χ1) is 33.7. The van der Waals surface area contributed by atoms with Crippen LogP contribution in [0.25, 0.3) is 0 Å². The number of rotatable bonds is 13. The molecular weight excluding hydrogens is 889 g/mol. The van der Waals surface area contributed by atoms with Gasteiger partial charge in [0.05, 0.1) is 0 Å². The van der Waals surface area contributed by atoms with E-state index in [1.807, 2.05) is 12.1 Å². The molecule has 0 unspecified atom stereocenters. The molecule has 0 amide bonds. The minimum Gasteiger partial charge on any atom is -0.507 e. The number of aromatic hydroxyl groups is 4. The first-order valence-electron chi connectivity index (χ1n) is 26.0. The van der Waals surface area contributed by atoms with E-state index in [1.54, 1.807) is 30.3 Å². The molecule has 380 valence electrons. The summed E-state index contributed by atoms with van der Waals surface area (Å²) in [6.45, 7) is 2.16. The molecule has 4 aliphatic carbocycles. The fraction of sp³-hybridized carbons (Fsp3) is 0.517. The number of aryl methyl sites for hydroxylation is 1. The number of carboxylic acids is 4. The van der Waals surface area contributed by atoms with E-state index in [9.17, 15) is 44.7 Å². The molecule has 4 saturated carbocycles. The van der Waals surface area contributed by atoms with Gasteiger partial charge in [-0.1, -0.05) is 134 Å². The second-order valence-corrected chi connectivity index (χ2v) is 19.7. The Morgan fingerprint density at radius 3 is 1.34 bits per heavy atom. The van der Waals surface area contributed by atoms with Crippen LogP contribution >= 0.6 is 0 Å². The fourth-order valence-corrected chi connectivity index (χ4v) is 10.8. The SMILES string of the molecule is CCCCCCc1ccc(O)c(C(=O)O)c1.O=C(O)c1cc(C2CCCCC2)cc(C2CCCCC2)c1O.O=C(O)c1cc(C2CCCCC2)ccc1O.O=C(O)c1cccc(C2CCCCC2)c1O. The number of hydrogen-bond acceptors (Lipinski definition) is 8. The molecule has 12 heteroatoms. The molecule has 0 saturated heterocycles. The van der Waals surface area contributed by atoms with Crippen LogP contribution in [-0.2, 0) is 6.42 Å². The van der Waals surface area contributed by atoms with Gasteiger partial charge in [-0.2, -0.15) is 0 Å². The average molecular weight is 965 g/mol. The van der Waals surface area contributed by atoms with Gasteiger partial charge >= 0.3 is 23.9 Å². The third-order valence-electron chi connectivity index (χ3n) is 14.8. The lowest BCUT2D eigenvalue weighted by molar-refractivity contribution is 0.0682. The van der Waals surface area contributed by atoms with Gasteiger partial charge in [0.15, 0.2) is 0 Å². The number of aromatic carboxylic acids is 4. The summed E-state index contributed by atoms with van der Waals surface area (Å²) in [6, 6.07) is 18.6. The van der Waals surface area contributed by atoms with Crippen molar-refractivity contribution in [2.45, 2.75) is 191 Å². The van der Waals surface area contributed by atoms with Crippen molar-refractivity contribution in [3.05, 3.63) is 117 Å². The predicted octanol–water partition coefficient (Wildman–Crippen LogP) is 14.7. The van der Waals surface area contributed by atoms with Crippen molar-refractivity contribution < 1.29 is 60.0 Å². The molecule has 0 aromatic heterocycles. The van der Waals surface area contributed by atoms with Gasteiger partial charge in [-0.05, 0) is 152 Å². The maximum Gasteiger partial charge on any atom is 0.339 e. The third kappa shape index (κ3) is 16.0. The van der Waals surface area contributed by atoms with Crippen molar-refractivity contribution in [3.63, 3.8) is 0 Å². The minimum absolute atomic E-state index is 0.00649. The zero-order valence-corrected chi connectivity index (χ0v) is 41.0. The summed E-state index contributed by atoms with van der Waals surface area (Å²) in [6.07, 6.45) is 29.0. The van der Waals surface area contributed by atoms with Crippen molar-refractivity contribution in [2.24, 2.45) is 0 Å². The van der Waals surface area contributed by atoms with Gasteiger partial charge in [0.2, 0.25) is 0 Å².